The minimum Gasteiger partial charge on any atom is -0.476 e. The van der Waals surface area contributed by atoms with Crippen molar-refractivity contribution in [2.75, 3.05) is 32.1 Å². The molecule has 104 valence electrons. The van der Waals surface area contributed by atoms with E-state index in [0.717, 1.165) is 25.9 Å². The highest BCUT2D eigenvalue weighted by molar-refractivity contribution is 5.63. The predicted octanol–water partition coefficient (Wildman–Crippen LogP) is 0.582. The largest absolute Gasteiger partial charge is 0.476 e. The van der Waals surface area contributed by atoms with Crippen LogP contribution >= 0.6 is 0 Å². The van der Waals surface area contributed by atoms with E-state index in [9.17, 15) is 10.1 Å². The Morgan fingerprint density at radius 2 is 2.42 bits per heavy atom. The minimum absolute atomic E-state index is 0.00473. The quantitative estimate of drug-likeness (QED) is 0.616. The number of nitro groups is 1. The lowest BCUT2D eigenvalue weighted by Gasteiger charge is -2.25. The third-order valence-corrected chi connectivity index (χ3v) is 3.23. The van der Waals surface area contributed by atoms with Crippen LogP contribution in [0.15, 0.2) is 6.33 Å². The average Bonchev–Trinajstić information content (AvgIpc) is 2.86. The molecule has 1 unspecified atom stereocenters. The van der Waals surface area contributed by atoms with Crippen LogP contribution in [-0.4, -0.2) is 48.2 Å². The molecule has 19 heavy (non-hydrogen) atoms. The molecule has 2 rings (SSSR count). The molecule has 0 saturated carbocycles. The number of ether oxygens (including phenoxy) is 1. The van der Waals surface area contributed by atoms with Crippen molar-refractivity contribution in [1.29, 1.82) is 0 Å². The lowest BCUT2D eigenvalue weighted by molar-refractivity contribution is -0.385. The first-order chi connectivity index (χ1) is 9.19. The van der Waals surface area contributed by atoms with Crippen molar-refractivity contribution in [3.8, 4) is 5.88 Å². The number of anilines is 1. The normalized spacial score (nSPS) is 18.6. The summed E-state index contributed by atoms with van der Waals surface area (Å²) in [6.07, 6.45) is 3.29. The zero-order chi connectivity index (χ0) is 13.8. The van der Waals surface area contributed by atoms with Crippen molar-refractivity contribution < 1.29 is 9.66 Å². The van der Waals surface area contributed by atoms with E-state index in [-0.39, 0.29) is 17.6 Å². The summed E-state index contributed by atoms with van der Waals surface area (Å²) in [5.74, 6) is 0.347. The molecule has 1 saturated heterocycles. The molecule has 0 aromatic carbocycles. The second-order valence-electron chi connectivity index (χ2n) is 4.36. The maximum Gasteiger partial charge on any atom is 0.372 e. The van der Waals surface area contributed by atoms with E-state index in [2.05, 4.69) is 15.3 Å². The van der Waals surface area contributed by atoms with Crippen LogP contribution in [0.4, 0.5) is 11.5 Å². The Morgan fingerprint density at radius 1 is 1.63 bits per heavy atom. The van der Waals surface area contributed by atoms with Crippen LogP contribution in [0.2, 0.25) is 0 Å². The third kappa shape index (κ3) is 2.58. The second-order valence-corrected chi connectivity index (χ2v) is 4.36. The number of hydrogen-bond donors (Lipinski definition) is 1. The van der Waals surface area contributed by atoms with Gasteiger partial charge in [0.25, 0.3) is 5.88 Å². The Hall–Kier alpha value is -1.96. The highest BCUT2D eigenvalue weighted by Crippen LogP contribution is 2.36. The Balaban J connectivity index is 2.41. The Morgan fingerprint density at radius 3 is 3.05 bits per heavy atom. The van der Waals surface area contributed by atoms with Gasteiger partial charge in [-0.3, -0.25) is 10.1 Å². The van der Waals surface area contributed by atoms with Gasteiger partial charge in [0, 0.05) is 19.1 Å². The van der Waals surface area contributed by atoms with Gasteiger partial charge < -0.3 is 15.0 Å². The lowest BCUT2D eigenvalue weighted by Crippen LogP contribution is -2.37. The third-order valence-electron chi connectivity index (χ3n) is 3.23. The van der Waals surface area contributed by atoms with E-state index in [1.807, 2.05) is 11.9 Å². The molecule has 1 fully saturated rings. The summed E-state index contributed by atoms with van der Waals surface area (Å²) in [7, 11) is 3.24. The first-order valence-electron chi connectivity index (χ1n) is 6.13. The van der Waals surface area contributed by atoms with Crippen LogP contribution in [0.3, 0.4) is 0 Å². The number of aromatic nitrogens is 2. The van der Waals surface area contributed by atoms with Gasteiger partial charge in [-0.2, -0.15) is 4.98 Å². The van der Waals surface area contributed by atoms with E-state index in [0.29, 0.717) is 5.82 Å². The van der Waals surface area contributed by atoms with Crippen LogP contribution in [0.5, 0.6) is 5.88 Å². The summed E-state index contributed by atoms with van der Waals surface area (Å²) in [4.78, 5) is 20.6. The van der Waals surface area contributed by atoms with Crippen LogP contribution in [-0.2, 0) is 0 Å². The smallest absolute Gasteiger partial charge is 0.372 e. The zero-order valence-corrected chi connectivity index (χ0v) is 11.0. The maximum absolute atomic E-state index is 11.2. The molecule has 1 aliphatic heterocycles. The number of nitrogens with one attached hydrogen (secondary N) is 1. The predicted molar refractivity (Wildman–Crippen MR) is 69.5 cm³/mol. The van der Waals surface area contributed by atoms with Crippen molar-refractivity contribution >= 4 is 11.5 Å². The number of hydrogen-bond acceptors (Lipinski definition) is 7. The van der Waals surface area contributed by atoms with Crippen molar-refractivity contribution in [1.82, 2.24) is 15.3 Å². The SMILES string of the molecule is CNCC1CCCN1c1ncnc(OC)c1[N+](=O)[O-]. The van der Waals surface area contributed by atoms with Crippen LogP contribution in [0.25, 0.3) is 0 Å². The average molecular weight is 267 g/mol. The van der Waals surface area contributed by atoms with E-state index in [1.54, 1.807) is 0 Å². The van der Waals surface area contributed by atoms with Gasteiger partial charge >= 0.3 is 5.69 Å². The molecule has 8 nitrogen and oxygen atoms in total. The number of rotatable bonds is 5. The van der Waals surface area contributed by atoms with Crippen LogP contribution in [0.1, 0.15) is 12.8 Å². The van der Waals surface area contributed by atoms with Gasteiger partial charge in [-0.15, -0.1) is 0 Å². The van der Waals surface area contributed by atoms with Gasteiger partial charge in [0.05, 0.1) is 12.0 Å². The molecule has 2 heterocycles. The van der Waals surface area contributed by atoms with E-state index < -0.39 is 4.92 Å². The molecule has 1 aliphatic rings. The Kier molecular flexibility index (Phi) is 4.10. The number of methoxy groups -OCH3 is 1. The summed E-state index contributed by atoms with van der Waals surface area (Å²) in [6, 6.07) is 0.211. The monoisotopic (exact) mass is 267 g/mol. The molecule has 1 aromatic rings. The zero-order valence-electron chi connectivity index (χ0n) is 11.0. The summed E-state index contributed by atoms with van der Waals surface area (Å²) >= 11 is 0. The standard InChI is InChI=1S/C11H17N5O3/c1-12-6-8-4-3-5-15(8)10-9(16(17)18)11(19-2)14-7-13-10/h7-8,12H,3-6H2,1-2H3. The fourth-order valence-electron chi connectivity index (χ4n) is 2.44. The van der Waals surface area contributed by atoms with E-state index in [4.69, 9.17) is 4.74 Å². The molecular weight excluding hydrogens is 250 g/mol. The molecule has 8 heteroatoms. The van der Waals surface area contributed by atoms with Crippen molar-refractivity contribution in [3.63, 3.8) is 0 Å². The van der Waals surface area contributed by atoms with Gasteiger partial charge in [0.15, 0.2) is 0 Å². The molecule has 1 atom stereocenters. The number of nitrogens with zero attached hydrogens (tertiary/aromatic N) is 4. The molecule has 0 radical (unpaired) electrons. The van der Waals surface area contributed by atoms with E-state index >= 15 is 0 Å². The highest BCUT2D eigenvalue weighted by atomic mass is 16.6. The van der Waals surface area contributed by atoms with Gasteiger partial charge in [-0.05, 0) is 19.9 Å². The fourth-order valence-corrected chi connectivity index (χ4v) is 2.44. The molecular formula is C11H17N5O3. The summed E-state index contributed by atoms with van der Waals surface area (Å²) in [6.45, 7) is 1.52. The molecule has 1 aromatic heterocycles. The van der Waals surface area contributed by atoms with Crippen molar-refractivity contribution in [2.24, 2.45) is 0 Å². The first kappa shape index (κ1) is 13.5. The van der Waals surface area contributed by atoms with E-state index in [1.165, 1.54) is 13.4 Å². The number of likely N-dealkylation sites (N-methyl/N-ethyl adjacent to an activating group) is 1. The highest BCUT2D eigenvalue weighted by Gasteiger charge is 2.33. The molecule has 0 amide bonds. The van der Waals surface area contributed by atoms with Crippen molar-refractivity contribution in [3.05, 3.63) is 16.4 Å². The van der Waals surface area contributed by atoms with Crippen LogP contribution in [0, 0.1) is 10.1 Å². The van der Waals surface area contributed by atoms with Gasteiger partial charge in [0.1, 0.15) is 6.33 Å². The van der Waals surface area contributed by atoms with Gasteiger partial charge in [-0.1, -0.05) is 0 Å². The fraction of sp³-hybridized carbons (Fsp3) is 0.636. The molecule has 0 aliphatic carbocycles. The van der Waals surface area contributed by atoms with Gasteiger partial charge in [0.2, 0.25) is 5.82 Å². The topological polar surface area (TPSA) is 93.4 Å². The maximum atomic E-state index is 11.2. The minimum atomic E-state index is -0.483. The van der Waals surface area contributed by atoms with Gasteiger partial charge in [-0.25, -0.2) is 4.98 Å². The molecule has 0 spiro atoms. The Labute approximate surface area is 110 Å². The molecule has 0 bridgehead atoms. The summed E-state index contributed by atoms with van der Waals surface area (Å²) in [5.41, 5.74) is -0.159. The second kappa shape index (κ2) is 5.79. The summed E-state index contributed by atoms with van der Waals surface area (Å²) < 4.78 is 4.97. The van der Waals surface area contributed by atoms with Crippen molar-refractivity contribution in [2.45, 2.75) is 18.9 Å². The summed E-state index contributed by atoms with van der Waals surface area (Å²) in [5, 5.41) is 14.3. The molecule has 1 N–H and O–H groups in total. The van der Waals surface area contributed by atoms with Crippen LogP contribution < -0.4 is 15.0 Å². The lowest BCUT2D eigenvalue weighted by atomic mass is 10.2. The Bertz CT molecular complexity index is 468. The first-order valence-corrected chi connectivity index (χ1v) is 6.13.